The van der Waals surface area contributed by atoms with E-state index in [4.69, 9.17) is 11.6 Å². The lowest BCUT2D eigenvalue weighted by molar-refractivity contribution is -0.147. The minimum atomic E-state index is -4.43. The van der Waals surface area contributed by atoms with Crippen LogP contribution < -0.4 is 5.32 Å². The molecule has 152 valence electrons. The smallest absolute Gasteiger partial charge is 0.346 e. The third-order valence-electron chi connectivity index (χ3n) is 4.81. The van der Waals surface area contributed by atoms with Gasteiger partial charge in [0.25, 0.3) is 5.91 Å². The Labute approximate surface area is 171 Å². The van der Waals surface area contributed by atoms with E-state index in [2.05, 4.69) is 10.3 Å². The van der Waals surface area contributed by atoms with Gasteiger partial charge >= 0.3 is 6.18 Å². The second kappa shape index (κ2) is 8.03. The van der Waals surface area contributed by atoms with Crippen molar-refractivity contribution in [3.05, 3.63) is 76.4 Å². The largest absolute Gasteiger partial charge is 0.391 e. The van der Waals surface area contributed by atoms with Crippen LogP contribution in [0.4, 0.5) is 13.2 Å². The Morgan fingerprint density at radius 1 is 1.10 bits per heavy atom. The van der Waals surface area contributed by atoms with E-state index in [-0.39, 0.29) is 12.0 Å². The quantitative estimate of drug-likeness (QED) is 0.560. The van der Waals surface area contributed by atoms with Gasteiger partial charge in [-0.2, -0.15) is 13.2 Å². The first-order chi connectivity index (χ1) is 13.6. The molecular weight excluding hydrogens is 401 g/mol. The molecule has 3 nitrogen and oxygen atoms in total. The molecule has 0 aliphatic carbocycles. The zero-order valence-corrected chi connectivity index (χ0v) is 16.7. The molecule has 7 heteroatoms. The summed E-state index contributed by atoms with van der Waals surface area (Å²) in [5, 5.41) is 3.74. The second-order valence-electron chi connectivity index (χ2n) is 7.40. The first-order valence-corrected chi connectivity index (χ1v) is 9.43. The maximum absolute atomic E-state index is 13.3. The van der Waals surface area contributed by atoms with Crippen molar-refractivity contribution in [3.8, 4) is 0 Å². The minimum Gasteiger partial charge on any atom is -0.346 e. The van der Waals surface area contributed by atoms with Gasteiger partial charge in [0.2, 0.25) is 0 Å². The molecule has 2 aromatic carbocycles. The molecule has 0 fully saturated rings. The summed E-state index contributed by atoms with van der Waals surface area (Å²) in [7, 11) is 0. The third-order valence-corrected chi connectivity index (χ3v) is 5.11. The summed E-state index contributed by atoms with van der Waals surface area (Å²) in [4.78, 5) is 17.2. The van der Waals surface area contributed by atoms with Gasteiger partial charge in [-0.15, -0.1) is 0 Å². The molecule has 0 saturated carbocycles. The summed E-state index contributed by atoms with van der Waals surface area (Å²) >= 11 is 6.14. The molecule has 3 rings (SSSR count). The molecular formula is C22H20ClF3N2O. The Hall–Kier alpha value is -2.60. The number of para-hydroxylation sites is 1. The van der Waals surface area contributed by atoms with E-state index < -0.39 is 24.0 Å². The van der Waals surface area contributed by atoms with Crippen LogP contribution in [0.1, 0.15) is 34.8 Å². The maximum Gasteiger partial charge on any atom is 0.391 e. The highest BCUT2D eigenvalue weighted by atomic mass is 35.5. The predicted molar refractivity (Wildman–Crippen MR) is 108 cm³/mol. The van der Waals surface area contributed by atoms with E-state index in [1.54, 1.807) is 55.5 Å². The number of carbonyl (C=O) groups excluding carboxylic acids is 1. The van der Waals surface area contributed by atoms with Gasteiger partial charge < -0.3 is 5.32 Å². The summed E-state index contributed by atoms with van der Waals surface area (Å²) in [5.74, 6) is -0.598. The lowest BCUT2D eigenvalue weighted by Crippen LogP contribution is -2.50. The van der Waals surface area contributed by atoms with Crippen molar-refractivity contribution in [2.45, 2.75) is 38.4 Å². The molecule has 0 radical (unpaired) electrons. The molecule has 1 amide bonds. The number of pyridine rings is 1. The highest BCUT2D eigenvalue weighted by molar-refractivity contribution is 6.35. The van der Waals surface area contributed by atoms with Crippen molar-refractivity contribution in [3.63, 3.8) is 0 Å². The van der Waals surface area contributed by atoms with Gasteiger partial charge in [-0.3, -0.25) is 9.78 Å². The van der Waals surface area contributed by atoms with Gasteiger partial charge in [0, 0.05) is 11.6 Å². The minimum absolute atomic E-state index is 0.0466. The number of nitrogens with one attached hydrogen (secondary N) is 1. The SMILES string of the molecule is Cc1c(C(=O)NC(C)(Cc2ccccc2)CC(F)(F)F)cnc2c(Cl)cccc12. The summed E-state index contributed by atoms with van der Waals surface area (Å²) in [6.45, 7) is 3.14. The number of hydrogen-bond donors (Lipinski definition) is 1. The molecule has 29 heavy (non-hydrogen) atoms. The molecule has 0 aliphatic heterocycles. The van der Waals surface area contributed by atoms with E-state index in [1.165, 1.54) is 13.1 Å². The zero-order chi connectivity index (χ0) is 21.2. The van der Waals surface area contributed by atoms with Crippen molar-refractivity contribution in [2.75, 3.05) is 0 Å². The standard InChI is InChI=1S/C22H20ClF3N2O/c1-14-16-9-6-10-18(23)19(16)27-12-17(14)20(29)28-21(2,13-22(24,25)26)11-15-7-4-3-5-8-15/h3-10,12H,11,13H2,1-2H3,(H,28,29). The highest BCUT2D eigenvalue weighted by Crippen LogP contribution is 2.31. The number of nitrogens with zero attached hydrogens (tertiary/aromatic N) is 1. The van der Waals surface area contributed by atoms with Crippen LogP contribution in [0.5, 0.6) is 0 Å². The van der Waals surface area contributed by atoms with Crippen LogP contribution in [-0.4, -0.2) is 22.6 Å². The van der Waals surface area contributed by atoms with Crippen molar-refractivity contribution >= 4 is 28.4 Å². The molecule has 1 unspecified atom stereocenters. The lowest BCUT2D eigenvalue weighted by Gasteiger charge is -2.32. The zero-order valence-electron chi connectivity index (χ0n) is 16.0. The first kappa shape index (κ1) is 21.1. The molecule has 3 aromatic rings. The summed E-state index contributed by atoms with van der Waals surface area (Å²) in [6, 6.07) is 14.0. The number of carbonyl (C=O) groups is 1. The van der Waals surface area contributed by atoms with Gasteiger partial charge in [-0.05, 0) is 37.5 Å². The van der Waals surface area contributed by atoms with Gasteiger partial charge in [-0.25, -0.2) is 0 Å². The summed E-state index contributed by atoms with van der Waals surface area (Å²) < 4.78 is 39.8. The van der Waals surface area contributed by atoms with E-state index in [0.29, 0.717) is 27.1 Å². The Bertz CT molecular complexity index is 1040. The number of fused-ring (bicyclic) bond motifs is 1. The summed E-state index contributed by atoms with van der Waals surface area (Å²) in [6.07, 6.45) is -4.17. The Balaban J connectivity index is 1.94. The number of alkyl halides is 3. The Kier molecular flexibility index (Phi) is 5.85. The summed E-state index contributed by atoms with van der Waals surface area (Å²) in [5.41, 5.74) is 0.586. The number of amides is 1. The van der Waals surface area contributed by atoms with Crippen LogP contribution in [0.2, 0.25) is 5.02 Å². The van der Waals surface area contributed by atoms with Gasteiger partial charge in [0.15, 0.2) is 0 Å². The van der Waals surface area contributed by atoms with Crippen LogP contribution in [0.25, 0.3) is 10.9 Å². The molecule has 0 saturated heterocycles. The highest BCUT2D eigenvalue weighted by Gasteiger charge is 2.40. The lowest BCUT2D eigenvalue weighted by atomic mass is 9.88. The maximum atomic E-state index is 13.3. The molecule has 0 spiro atoms. The fraction of sp³-hybridized carbons (Fsp3) is 0.273. The second-order valence-corrected chi connectivity index (χ2v) is 7.81. The number of benzene rings is 2. The van der Waals surface area contributed by atoms with Crippen LogP contribution >= 0.6 is 11.6 Å². The number of aryl methyl sites for hydroxylation is 1. The number of aromatic nitrogens is 1. The van der Waals surface area contributed by atoms with Crippen molar-refractivity contribution in [2.24, 2.45) is 0 Å². The van der Waals surface area contributed by atoms with Crippen LogP contribution in [0, 0.1) is 6.92 Å². The fourth-order valence-electron chi connectivity index (χ4n) is 3.53. The van der Waals surface area contributed by atoms with E-state index in [9.17, 15) is 18.0 Å². The predicted octanol–water partition coefficient (Wildman–Crippen LogP) is 5.88. The Morgan fingerprint density at radius 3 is 2.45 bits per heavy atom. The van der Waals surface area contributed by atoms with Crippen LogP contribution in [-0.2, 0) is 6.42 Å². The average Bonchev–Trinajstić information content (AvgIpc) is 2.61. The third kappa shape index (κ3) is 5.07. The topological polar surface area (TPSA) is 42.0 Å². The van der Waals surface area contributed by atoms with Crippen molar-refractivity contribution < 1.29 is 18.0 Å². The molecule has 1 N–H and O–H groups in total. The molecule has 1 heterocycles. The van der Waals surface area contributed by atoms with Crippen LogP contribution in [0.15, 0.2) is 54.7 Å². The monoisotopic (exact) mass is 420 g/mol. The van der Waals surface area contributed by atoms with Crippen molar-refractivity contribution in [1.29, 1.82) is 0 Å². The van der Waals surface area contributed by atoms with Gasteiger partial charge in [0.1, 0.15) is 0 Å². The number of hydrogen-bond acceptors (Lipinski definition) is 2. The Morgan fingerprint density at radius 2 is 1.79 bits per heavy atom. The number of rotatable bonds is 5. The normalized spacial score (nSPS) is 13.9. The molecule has 0 bridgehead atoms. The van der Waals surface area contributed by atoms with Gasteiger partial charge in [-0.1, -0.05) is 54.1 Å². The number of halogens is 4. The average molecular weight is 421 g/mol. The fourth-order valence-corrected chi connectivity index (χ4v) is 3.75. The van der Waals surface area contributed by atoms with Crippen LogP contribution in [0.3, 0.4) is 0 Å². The van der Waals surface area contributed by atoms with Crippen molar-refractivity contribution in [1.82, 2.24) is 10.3 Å². The molecule has 1 aromatic heterocycles. The van der Waals surface area contributed by atoms with E-state index >= 15 is 0 Å². The van der Waals surface area contributed by atoms with Gasteiger partial charge in [0.05, 0.1) is 28.1 Å². The van der Waals surface area contributed by atoms with E-state index in [1.807, 2.05) is 0 Å². The molecule has 0 aliphatic rings. The first-order valence-electron chi connectivity index (χ1n) is 9.05. The van der Waals surface area contributed by atoms with E-state index in [0.717, 1.165) is 0 Å². The molecule has 1 atom stereocenters.